The third-order valence-electron chi connectivity index (χ3n) is 3.39. The van der Waals surface area contributed by atoms with Crippen molar-refractivity contribution >= 4 is 5.91 Å². The first-order valence-corrected chi connectivity index (χ1v) is 6.51. The van der Waals surface area contributed by atoms with Gasteiger partial charge in [0.05, 0.1) is 37.1 Å². The second kappa shape index (κ2) is 7.08. The summed E-state index contributed by atoms with van der Waals surface area (Å²) in [6.45, 7) is 3.93. The Hall–Kier alpha value is -1.63. The lowest BCUT2D eigenvalue weighted by Crippen LogP contribution is -2.63. The molecule has 1 amide bonds. The summed E-state index contributed by atoms with van der Waals surface area (Å²) >= 11 is 0. The number of carbonyl (C=O) groups excluding carboxylic acids is 1. The summed E-state index contributed by atoms with van der Waals surface area (Å²) in [5.41, 5.74) is -0.648. The maximum atomic E-state index is 12.0. The molecule has 1 saturated heterocycles. The van der Waals surface area contributed by atoms with Crippen molar-refractivity contribution < 1.29 is 9.90 Å². The lowest BCUT2D eigenvalue weighted by atomic mass is 9.91. The molecule has 6 nitrogen and oxygen atoms in total. The number of hydrogen-bond acceptors (Lipinski definition) is 5. The quantitative estimate of drug-likeness (QED) is 0.704. The topological polar surface area (TPSA) is 91.4 Å². The first-order chi connectivity index (χ1) is 9.04. The van der Waals surface area contributed by atoms with Crippen LogP contribution in [0.4, 0.5) is 0 Å². The maximum absolute atomic E-state index is 12.0. The average Bonchev–Trinajstić information content (AvgIpc) is 2.36. The van der Waals surface area contributed by atoms with Gasteiger partial charge in [-0.2, -0.15) is 10.5 Å². The van der Waals surface area contributed by atoms with Crippen LogP contribution in [-0.2, 0) is 4.79 Å². The molecule has 104 valence electrons. The van der Waals surface area contributed by atoms with E-state index in [1.54, 1.807) is 4.90 Å². The van der Waals surface area contributed by atoms with Gasteiger partial charge in [-0.05, 0) is 6.42 Å². The summed E-state index contributed by atoms with van der Waals surface area (Å²) in [5.74, 6) is -0.0800. The molecule has 1 aliphatic heterocycles. The number of amides is 1. The third kappa shape index (κ3) is 4.51. The number of likely N-dealkylation sites (tertiary alicyclic amines) is 1. The van der Waals surface area contributed by atoms with Gasteiger partial charge in [0, 0.05) is 26.2 Å². The average molecular weight is 264 g/mol. The van der Waals surface area contributed by atoms with Crippen molar-refractivity contribution in [2.45, 2.75) is 31.8 Å². The van der Waals surface area contributed by atoms with E-state index in [0.29, 0.717) is 32.6 Å². The van der Waals surface area contributed by atoms with Gasteiger partial charge < -0.3 is 10.0 Å². The summed E-state index contributed by atoms with van der Waals surface area (Å²) in [6, 6.07) is 4.01. The molecule has 0 aromatic rings. The Bertz CT molecular complexity index is 372. The zero-order valence-corrected chi connectivity index (χ0v) is 11.3. The summed E-state index contributed by atoms with van der Waals surface area (Å²) in [4.78, 5) is 15.5. The highest BCUT2D eigenvalue weighted by atomic mass is 16.3. The molecular weight excluding hydrogens is 244 g/mol. The molecule has 0 atom stereocenters. The maximum Gasteiger partial charge on any atom is 0.236 e. The van der Waals surface area contributed by atoms with Crippen LogP contribution in [0.3, 0.4) is 0 Å². The number of hydrogen-bond donors (Lipinski definition) is 1. The van der Waals surface area contributed by atoms with E-state index in [0.717, 1.165) is 0 Å². The second-order valence-corrected chi connectivity index (χ2v) is 4.92. The molecule has 0 radical (unpaired) electrons. The lowest BCUT2D eigenvalue weighted by molar-refractivity contribution is -0.141. The van der Waals surface area contributed by atoms with Gasteiger partial charge in [-0.15, -0.1) is 0 Å². The molecule has 6 heteroatoms. The van der Waals surface area contributed by atoms with Crippen LogP contribution in [0.2, 0.25) is 0 Å². The van der Waals surface area contributed by atoms with Crippen LogP contribution in [0.5, 0.6) is 0 Å². The van der Waals surface area contributed by atoms with Crippen LogP contribution in [-0.4, -0.2) is 59.1 Å². The van der Waals surface area contributed by atoms with Gasteiger partial charge in [-0.3, -0.25) is 9.69 Å². The van der Waals surface area contributed by atoms with Crippen molar-refractivity contribution in [1.29, 1.82) is 10.5 Å². The Balaban J connectivity index is 2.40. The van der Waals surface area contributed by atoms with Crippen LogP contribution >= 0.6 is 0 Å². The molecule has 1 fully saturated rings. The zero-order chi connectivity index (χ0) is 14.3. The number of β-amino-alcohol motifs (C(OH)–C–C–N with tert-alkyl or cyclic N) is 1. The van der Waals surface area contributed by atoms with Crippen molar-refractivity contribution in [1.82, 2.24) is 9.80 Å². The number of rotatable bonds is 7. The molecule has 1 aliphatic rings. The smallest absolute Gasteiger partial charge is 0.236 e. The fourth-order valence-electron chi connectivity index (χ4n) is 2.14. The third-order valence-corrected chi connectivity index (χ3v) is 3.39. The lowest BCUT2D eigenvalue weighted by Gasteiger charge is -2.46. The summed E-state index contributed by atoms with van der Waals surface area (Å²) in [7, 11) is 0. The minimum Gasteiger partial charge on any atom is -0.387 e. The molecule has 0 saturated carbocycles. The minimum absolute atomic E-state index is 0.0800. The van der Waals surface area contributed by atoms with Crippen LogP contribution in [0.25, 0.3) is 0 Å². The van der Waals surface area contributed by atoms with Crippen LogP contribution in [0.15, 0.2) is 0 Å². The van der Waals surface area contributed by atoms with Crippen LogP contribution in [0, 0.1) is 22.7 Å². The van der Waals surface area contributed by atoms with E-state index in [4.69, 9.17) is 10.5 Å². The number of nitrogens with zero attached hydrogens (tertiary/aromatic N) is 4. The normalized spacial score (nSPS) is 17.1. The van der Waals surface area contributed by atoms with Crippen LogP contribution in [0.1, 0.15) is 26.2 Å². The fraction of sp³-hybridized carbons (Fsp3) is 0.769. The Kier molecular flexibility index (Phi) is 5.75. The van der Waals surface area contributed by atoms with E-state index in [1.807, 2.05) is 24.0 Å². The highest BCUT2D eigenvalue weighted by Crippen LogP contribution is 2.23. The van der Waals surface area contributed by atoms with E-state index in [-0.39, 0.29) is 25.3 Å². The van der Waals surface area contributed by atoms with Crippen molar-refractivity contribution in [3.63, 3.8) is 0 Å². The predicted octanol–water partition coefficient (Wildman–Crippen LogP) is 0.0991. The fourth-order valence-corrected chi connectivity index (χ4v) is 2.14. The van der Waals surface area contributed by atoms with E-state index in [9.17, 15) is 9.90 Å². The van der Waals surface area contributed by atoms with Gasteiger partial charge >= 0.3 is 0 Å². The molecule has 0 aromatic carbocycles. The van der Waals surface area contributed by atoms with Gasteiger partial charge in [0.2, 0.25) is 5.91 Å². The van der Waals surface area contributed by atoms with Crippen molar-refractivity contribution in [2.24, 2.45) is 0 Å². The Morgan fingerprint density at radius 2 is 1.84 bits per heavy atom. The van der Waals surface area contributed by atoms with Crippen LogP contribution < -0.4 is 0 Å². The Labute approximate surface area is 113 Å². The first kappa shape index (κ1) is 15.4. The Morgan fingerprint density at radius 1 is 1.32 bits per heavy atom. The molecule has 1 N–H and O–H groups in total. The molecule has 0 bridgehead atoms. The molecular formula is C13H20N4O2. The molecule has 1 rings (SSSR count). The molecule has 19 heavy (non-hydrogen) atoms. The van der Waals surface area contributed by atoms with Gasteiger partial charge in [-0.1, -0.05) is 6.92 Å². The largest absolute Gasteiger partial charge is 0.387 e. The molecule has 1 heterocycles. The summed E-state index contributed by atoms with van der Waals surface area (Å²) in [6.07, 6.45) is 1.23. The van der Waals surface area contributed by atoms with Gasteiger partial charge in [0.15, 0.2) is 0 Å². The van der Waals surface area contributed by atoms with Crippen molar-refractivity contribution in [3.8, 4) is 12.1 Å². The van der Waals surface area contributed by atoms with Crippen molar-refractivity contribution in [2.75, 3.05) is 32.7 Å². The number of aliphatic hydroxyl groups is 1. The molecule has 0 aliphatic carbocycles. The van der Waals surface area contributed by atoms with Gasteiger partial charge in [-0.25, -0.2) is 0 Å². The minimum atomic E-state index is -0.648. The number of nitriles is 2. The standard InChI is InChI=1S/C13H20N4O2/c1-2-13(19)10-16(11-13)9-12(18)17(7-3-5-14)8-4-6-15/h19H,2-4,7-11H2,1H3. The van der Waals surface area contributed by atoms with E-state index >= 15 is 0 Å². The van der Waals surface area contributed by atoms with Gasteiger partial charge in [0.1, 0.15) is 0 Å². The Morgan fingerprint density at radius 3 is 2.26 bits per heavy atom. The first-order valence-electron chi connectivity index (χ1n) is 6.51. The van der Waals surface area contributed by atoms with E-state index < -0.39 is 5.60 Å². The van der Waals surface area contributed by atoms with E-state index in [1.165, 1.54) is 0 Å². The SMILES string of the molecule is CCC1(O)CN(CC(=O)N(CCC#N)CCC#N)C1. The molecule has 0 spiro atoms. The molecule has 0 aromatic heterocycles. The van der Waals surface area contributed by atoms with Gasteiger partial charge in [0.25, 0.3) is 0 Å². The monoisotopic (exact) mass is 264 g/mol. The van der Waals surface area contributed by atoms with E-state index in [2.05, 4.69) is 0 Å². The summed E-state index contributed by atoms with van der Waals surface area (Å²) < 4.78 is 0. The second-order valence-electron chi connectivity index (χ2n) is 4.92. The number of carbonyl (C=O) groups is 1. The highest BCUT2D eigenvalue weighted by Gasteiger charge is 2.40. The van der Waals surface area contributed by atoms with Crippen molar-refractivity contribution in [3.05, 3.63) is 0 Å². The zero-order valence-electron chi connectivity index (χ0n) is 11.3. The summed E-state index contributed by atoms with van der Waals surface area (Å²) in [5, 5.41) is 27.0. The molecule has 0 unspecified atom stereocenters. The predicted molar refractivity (Wildman–Crippen MR) is 68.7 cm³/mol. The highest BCUT2D eigenvalue weighted by molar-refractivity contribution is 5.78.